The molecule has 21 heavy (non-hydrogen) atoms. The van der Waals surface area contributed by atoms with Gasteiger partial charge in [0.25, 0.3) is 0 Å². The molecule has 2 unspecified atom stereocenters. The zero-order chi connectivity index (χ0) is 15.8. The lowest BCUT2D eigenvalue weighted by Gasteiger charge is -2.32. The van der Waals surface area contributed by atoms with Crippen molar-refractivity contribution in [1.29, 1.82) is 0 Å². The van der Waals surface area contributed by atoms with Gasteiger partial charge < -0.3 is 16.4 Å². The van der Waals surface area contributed by atoms with Gasteiger partial charge >= 0.3 is 0 Å². The Bertz CT molecular complexity index is 386. The van der Waals surface area contributed by atoms with Crippen molar-refractivity contribution in [3.05, 3.63) is 24.4 Å². The van der Waals surface area contributed by atoms with Crippen molar-refractivity contribution >= 4 is 5.84 Å². The van der Waals surface area contributed by atoms with E-state index in [-0.39, 0.29) is 6.04 Å². The molecule has 4 N–H and O–H groups in total. The predicted octanol–water partition coefficient (Wildman–Crippen LogP) is 2.66. The fourth-order valence-electron chi connectivity index (χ4n) is 2.85. The molecule has 1 aliphatic rings. The van der Waals surface area contributed by atoms with Gasteiger partial charge in [-0.2, -0.15) is 0 Å². The third-order valence-electron chi connectivity index (χ3n) is 4.45. The summed E-state index contributed by atoms with van der Waals surface area (Å²) in [6, 6.07) is 0.742. The molecule has 0 amide bonds. The van der Waals surface area contributed by atoms with E-state index >= 15 is 0 Å². The van der Waals surface area contributed by atoms with Crippen LogP contribution in [-0.2, 0) is 0 Å². The first-order chi connectivity index (χ1) is 9.93. The van der Waals surface area contributed by atoms with Gasteiger partial charge in [-0.25, -0.2) is 0 Å². The second-order valence-corrected chi connectivity index (χ2v) is 6.35. The van der Waals surface area contributed by atoms with Crippen LogP contribution >= 0.6 is 0 Å². The van der Waals surface area contributed by atoms with Crippen molar-refractivity contribution in [2.45, 2.75) is 58.0 Å². The quantitative estimate of drug-likeness (QED) is 0.430. The van der Waals surface area contributed by atoms with Crippen LogP contribution in [0.5, 0.6) is 0 Å². The van der Waals surface area contributed by atoms with Gasteiger partial charge in [0, 0.05) is 18.2 Å². The summed E-state index contributed by atoms with van der Waals surface area (Å²) in [5, 5.41) is 0. The van der Waals surface area contributed by atoms with Crippen LogP contribution in [-0.4, -0.2) is 36.4 Å². The lowest BCUT2D eigenvalue weighted by atomic mass is 9.97. The average molecular weight is 292 g/mol. The molecule has 0 aromatic carbocycles. The molecule has 3 atom stereocenters. The van der Waals surface area contributed by atoms with Crippen LogP contribution in [0.15, 0.2) is 29.4 Å². The summed E-state index contributed by atoms with van der Waals surface area (Å²) < 4.78 is 0. The molecule has 1 rings (SSSR count). The van der Waals surface area contributed by atoms with Crippen molar-refractivity contribution in [3.63, 3.8) is 0 Å². The molecule has 1 aliphatic heterocycles. The first kappa shape index (κ1) is 17.8. The van der Waals surface area contributed by atoms with Gasteiger partial charge in [-0.05, 0) is 51.8 Å². The Labute approximate surface area is 130 Å². The standard InChI is InChI=1S/C17H32N4/c1-5-8-15(18)11-13(2)14(3)20-17(19)12-16-9-6-7-10-21(16)4/h5,8,13-14,16H,1,6-7,9-12,18H2,2-4H3,(H2,19,20)/b15-8+/t13?,14?,16-/m0/s1. The number of piperidine rings is 1. The number of hydrogen-bond acceptors (Lipinski definition) is 3. The maximum absolute atomic E-state index is 6.16. The van der Waals surface area contributed by atoms with Crippen LogP contribution in [0.25, 0.3) is 0 Å². The molecule has 0 aromatic rings. The van der Waals surface area contributed by atoms with Crippen LogP contribution < -0.4 is 11.5 Å². The molecule has 0 aromatic heterocycles. The smallest absolute Gasteiger partial charge is 0.0956 e. The summed E-state index contributed by atoms with van der Waals surface area (Å²) in [7, 11) is 2.18. The predicted molar refractivity (Wildman–Crippen MR) is 92.2 cm³/mol. The fraction of sp³-hybridized carbons (Fsp3) is 0.706. The number of amidine groups is 1. The van der Waals surface area contributed by atoms with E-state index < -0.39 is 0 Å². The maximum atomic E-state index is 6.16. The third kappa shape index (κ3) is 6.34. The van der Waals surface area contributed by atoms with E-state index in [1.54, 1.807) is 6.08 Å². The zero-order valence-electron chi connectivity index (χ0n) is 13.9. The Morgan fingerprint density at radius 2 is 2.10 bits per heavy atom. The van der Waals surface area contributed by atoms with Gasteiger partial charge in [0.15, 0.2) is 0 Å². The molecule has 0 bridgehead atoms. The van der Waals surface area contributed by atoms with E-state index in [2.05, 4.69) is 37.4 Å². The van der Waals surface area contributed by atoms with Crippen molar-refractivity contribution in [2.24, 2.45) is 22.4 Å². The van der Waals surface area contributed by atoms with Crippen molar-refractivity contribution in [1.82, 2.24) is 4.90 Å². The number of hydrogen-bond donors (Lipinski definition) is 2. The van der Waals surface area contributed by atoms with Crippen LogP contribution in [0.2, 0.25) is 0 Å². The monoisotopic (exact) mass is 292 g/mol. The second kappa shape index (κ2) is 8.88. The molecule has 0 radical (unpaired) electrons. The van der Waals surface area contributed by atoms with Crippen LogP contribution in [0.4, 0.5) is 0 Å². The Balaban J connectivity index is 2.51. The van der Waals surface area contributed by atoms with Gasteiger partial charge in [0.05, 0.1) is 11.9 Å². The summed E-state index contributed by atoms with van der Waals surface area (Å²) in [5.41, 5.74) is 12.9. The minimum Gasteiger partial charge on any atom is -0.402 e. The Morgan fingerprint density at radius 1 is 1.38 bits per heavy atom. The Hall–Kier alpha value is -1.29. The van der Waals surface area contributed by atoms with Gasteiger partial charge in [-0.15, -0.1) is 0 Å². The van der Waals surface area contributed by atoms with E-state index in [1.807, 2.05) is 6.08 Å². The Kier molecular flexibility index (Phi) is 7.51. The van der Waals surface area contributed by atoms with E-state index in [4.69, 9.17) is 11.5 Å². The van der Waals surface area contributed by atoms with E-state index in [9.17, 15) is 0 Å². The molecule has 4 nitrogen and oxygen atoms in total. The molecule has 0 spiro atoms. The molecule has 0 saturated carbocycles. The minimum atomic E-state index is 0.190. The summed E-state index contributed by atoms with van der Waals surface area (Å²) in [6.07, 6.45) is 9.12. The summed E-state index contributed by atoms with van der Waals surface area (Å²) in [5.74, 6) is 1.16. The molecule has 0 aliphatic carbocycles. The summed E-state index contributed by atoms with van der Waals surface area (Å²) in [4.78, 5) is 7.09. The topological polar surface area (TPSA) is 67.6 Å². The number of allylic oxidation sites excluding steroid dienone is 3. The number of nitrogens with zero attached hydrogens (tertiary/aromatic N) is 2. The fourth-order valence-corrected chi connectivity index (χ4v) is 2.85. The zero-order valence-corrected chi connectivity index (χ0v) is 13.9. The summed E-state index contributed by atoms with van der Waals surface area (Å²) >= 11 is 0. The maximum Gasteiger partial charge on any atom is 0.0956 e. The highest BCUT2D eigenvalue weighted by atomic mass is 15.1. The highest BCUT2D eigenvalue weighted by molar-refractivity contribution is 5.81. The van der Waals surface area contributed by atoms with Gasteiger partial charge in [-0.1, -0.05) is 26.0 Å². The molecule has 1 saturated heterocycles. The first-order valence-corrected chi connectivity index (χ1v) is 8.03. The highest BCUT2D eigenvalue weighted by Gasteiger charge is 2.20. The van der Waals surface area contributed by atoms with E-state index in [0.717, 1.165) is 24.4 Å². The third-order valence-corrected chi connectivity index (χ3v) is 4.45. The highest BCUT2D eigenvalue weighted by Crippen LogP contribution is 2.19. The molecule has 1 fully saturated rings. The molecule has 1 heterocycles. The number of nitrogens with two attached hydrogens (primary N) is 2. The lowest BCUT2D eigenvalue weighted by Crippen LogP contribution is -2.39. The molecule has 4 heteroatoms. The SMILES string of the molecule is C=C/C=C(/N)CC(C)C(C)N=C(N)C[C@@H]1CCCCN1C. The van der Waals surface area contributed by atoms with Crippen molar-refractivity contribution in [2.75, 3.05) is 13.6 Å². The summed E-state index contributed by atoms with van der Waals surface area (Å²) in [6.45, 7) is 9.12. The largest absolute Gasteiger partial charge is 0.402 e. The molecular formula is C17H32N4. The Morgan fingerprint density at radius 3 is 2.71 bits per heavy atom. The van der Waals surface area contributed by atoms with Crippen LogP contribution in [0.3, 0.4) is 0 Å². The van der Waals surface area contributed by atoms with Crippen LogP contribution in [0.1, 0.15) is 46.0 Å². The second-order valence-electron chi connectivity index (χ2n) is 6.35. The van der Waals surface area contributed by atoms with Gasteiger partial charge in [0.1, 0.15) is 0 Å². The van der Waals surface area contributed by atoms with Crippen molar-refractivity contribution in [3.8, 4) is 0 Å². The molecule has 120 valence electrons. The normalized spacial score (nSPS) is 24.6. The average Bonchev–Trinajstić information content (AvgIpc) is 2.41. The molecular weight excluding hydrogens is 260 g/mol. The number of likely N-dealkylation sites (tertiary alicyclic amines) is 1. The van der Waals surface area contributed by atoms with Gasteiger partial charge in [0.2, 0.25) is 0 Å². The van der Waals surface area contributed by atoms with Crippen molar-refractivity contribution < 1.29 is 0 Å². The lowest BCUT2D eigenvalue weighted by molar-refractivity contribution is 0.190. The number of aliphatic imine (C=N–C) groups is 1. The van der Waals surface area contributed by atoms with Crippen LogP contribution in [0, 0.1) is 5.92 Å². The minimum absolute atomic E-state index is 0.190. The van der Waals surface area contributed by atoms with E-state index in [1.165, 1.54) is 25.8 Å². The first-order valence-electron chi connectivity index (χ1n) is 8.03. The number of rotatable bonds is 7. The van der Waals surface area contributed by atoms with E-state index in [0.29, 0.717) is 12.0 Å². The van der Waals surface area contributed by atoms with Gasteiger partial charge in [-0.3, -0.25) is 4.99 Å².